The standard InChI is InChI=1S/C10H10BrF2NO2/c1-5-6(4-11)2-8(10(12)13)14-7(5)3-9(15)16/h2,10H,3-4H2,1H3,(H,15,16). The van der Waals surface area contributed by atoms with Crippen molar-refractivity contribution >= 4 is 21.9 Å². The molecule has 0 spiro atoms. The summed E-state index contributed by atoms with van der Waals surface area (Å²) in [6.07, 6.45) is -3.03. The van der Waals surface area contributed by atoms with Crippen molar-refractivity contribution in [2.24, 2.45) is 0 Å². The largest absolute Gasteiger partial charge is 0.481 e. The molecule has 1 heterocycles. The highest BCUT2D eigenvalue weighted by Crippen LogP contribution is 2.23. The fourth-order valence-electron chi connectivity index (χ4n) is 1.31. The second-order valence-electron chi connectivity index (χ2n) is 3.28. The zero-order valence-corrected chi connectivity index (χ0v) is 10.1. The van der Waals surface area contributed by atoms with Gasteiger partial charge in [-0.1, -0.05) is 15.9 Å². The van der Waals surface area contributed by atoms with E-state index >= 15 is 0 Å². The van der Waals surface area contributed by atoms with E-state index in [4.69, 9.17) is 5.11 Å². The van der Waals surface area contributed by atoms with Crippen molar-refractivity contribution in [2.75, 3.05) is 0 Å². The molecule has 1 aromatic rings. The van der Waals surface area contributed by atoms with Crippen LogP contribution in [0.3, 0.4) is 0 Å². The minimum absolute atomic E-state index is 0.194. The molecule has 1 N–H and O–H groups in total. The first-order valence-corrected chi connectivity index (χ1v) is 5.63. The van der Waals surface area contributed by atoms with Crippen LogP contribution >= 0.6 is 15.9 Å². The number of aliphatic carboxylic acids is 1. The fraction of sp³-hybridized carbons (Fsp3) is 0.400. The molecule has 0 saturated heterocycles. The van der Waals surface area contributed by atoms with E-state index in [-0.39, 0.29) is 17.8 Å². The van der Waals surface area contributed by atoms with Crippen molar-refractivity contribution in [2.45, 2.75) is 25.1 Å². The van der Waals surface area contributed by atoms with Gasteiger partial charge in [-0.3, -0.25) is 9.78 Å². The van der Waals surface area contributed by atoms with Crippen LogP contribution in [-0.4, -0.2) is 16.1 Å². The number of pyridine rings is 1. The summed E-state index contributed by atoms with van der Waals surface area (Å²) < 4.78 is 25.0. The van der Waals surface area contributed by atoms with Crippen molar-refractivity contribution in [3.63, 3.8) is 0 Å². The highest BCUT2D eigenvalue weighted by molar-refractivity contribution is 9.08. The molecular formula is C10H10BrF2NO2. The summed E-state index contributed by atoms with van der Waals surface area (Å²) in [5.41, 5.74) is 1.10. The quantitative estimate of drug-likeness (QED) is 0.869. The molecule has 88 valence electrons. The number of nitrogens with zero attached hydrogens (tertiary/aromatic N) is 1. The minimum atomic E-state index is -2.69. The van der Waals surface area contributed by atoms with Crippen LogP contribution < -0.4 is 0 Å². The van der Waals surface area contributed by atoms with Gasteiger partial charge in [-0.2, -0.15) is 0 Å². The van der Waals surface area contributed by atoms with Gasteiger partial charge in [-0.15, -0.1) is 0 Å². The Kier molecular flexibility index (Phi) is 4.35. The van der Waals surface area contributed by atoms with E-state index in [9.17, 15) is 13.6 Å². The van der Waals surface area contributed by atoms with Gasteiger partial charge in [0.2, 0.25) is 0 Å². The predicted octanol–water partition coefficient (Wildman–Crippen LogP) is 2.85. The highest BCUT2D eigenvalue weighted by atomic mass is 79.9. The van der Waals surface area contributed by atoms with E-state index in [1.165, 1.54) is 6.07 Å². The van der Waals surface area contributed by atoms with Crippen LogP contribution in [0.5, 0.6) is 0 Å². The molecule has 0 atom stereocenters. The van der Waals surface area contributed by atoms with Crippen molar-refractivity contribution in [3.8, 4) is 0 Å². The number of rotatable bonds is 4. The molecule has 1 aromatic heterocycles. The molecule has 16 heavy (non-hydrogen) atoms. The third kappa shape index (κ3) is 2.98. The number of aromatic nitrogens is 1. The van der Waals surface area contributed by atoms with Crippen molar-refractivity contribution in [3.05, 3.63) is 28.6 Å². The summed E-state index contributed by atoms with van der Waals surface area (Å²) in [6, 6.07) is 1.29. The Balaban J connectivity index is 3.24. The Morgan fingerprint density at radius 2 is 2.25 bits per heavy atom. The van der Waals surface area contributed by atoms with Crippen LogP contribution in [0.2, 0.25) is 0 Å². The van der Waals surface area contributed by atoms with Crippen molar-refractivity contribution < 1.29 is 18.7 Å². The summed E-state index contributed by atoms with van der Waals surface area (Å²) in [5.74, 6) is -1.08. The van der Waals surface area contributed by atoms with Crippen molar-refractivity contribution in [1.29, 1.82) is 0 Å². The zero-order chi connectivity index (χ0) is 12.3. The van der Waals surface area contributed by atoms with Crippen LogP contribution in [0, 0.1) is 6.92 Å². The molecule has 0 fully saturated rings. The second kappa shape index (κ2) is 5.34. The molecule has 0 aliphatic heterocycles. The maximum absolute atomic E-state index is 12.5. The molecule has 0 radical (unpaired) electrons. The summed E-state index contributed by atoms with van der Waals surface area (Å²) in [6.45, 7) is 1.68. The van der Waals surface area contributed by atoms with E-state index in [2.05, 4.69) is 20.9 Å². The van der Waals surface area contributed by atoms with Crippen LogP contribution in [0.25, 0.3) is 0 Å². The topological polar surface area (TPSA) is 50.2 Å². The van der Waals surface area contributed by atoms with Crippen LogP contribution in [0.1, 0.15) is 28.9 Å². The highest BCUT2D eigenvalue weighted by Gasteiger charge is 2.16. The SMILES string of the molecule is Cc1c(CBr)cc(C(F)F)nc1CC(=O)O. The molecule has 0 unspecified atom stereocenters. The Morgan fingerprint density at radius 3 is 2.69 bits per heavy atom. The Labute approximate surface area is 99.6 Å². The first-order valence-electron chi connectivity index (χ1n) is 4.51. The molecule has 1 rings (SSSR count). The minimum Gasteiger partial charge on any atom is -0.481 e. The molecular weight excluding hydrogens is 284 g/mol. The predicted molar refractivity (Wildman–Crippen MR) is 57.9 cm³/mol. The smallest absolute Gasteiger partial charge is 0.309 e. The van der Waals surface area contributed by atoms with E-state index in [1.807, 2.05) is 0 Å². The first kappa shape index (κ1) is 13.0. The Hall–Kier alpha value is -1.04. The molecule has 0 amide bonds. The van der Waals surface area contributed by atoms with Crippen LogP contribution in [0.15, 0.2) is 6.07 Å². The van der Waals surface area contributed by atoms with Gasteiger partial charge in [0.25, 0.3) is 6.43 Å². The van der Waals surface area contributed by atoms with Crippen LogP contribution in [-0.2, 0) is 16.5 Å². The second-order valence-corrected chi connectivity index (χ2v) is 3.84. The normalized spacial score (nSPS) is 10.8. The van der Waals surface area contributed by atoms with Crippen LogP contribution in [0.4, 0.5) is 8.78 Å². The third-order valence-corrected chi connectivity index (χ3v) is 2.79. The number of hydrogen-bond acceptors (Lipinski definition) is 2. The fourth-order valence-corrected chi connectivity index (χ4v) is 1.89. The molecule has 6 heteroatoms. The van der Waals surface area contributed by atoms with E-state index in [0.29, 0.717) is 16.5 Å². The molecule has 0 aliphatic rings. The molecule has 0 aromatic carbocycles. The molecule has 0 bridgehead atoms. The maximum Gasteiger partial charge on any atom is 0.309 e. The number of halogens is 3. The number of hydrogen-bond donors (Lipinski definition) is 1. The van der Waals surface area contributed by atoms with E-state index < -0.39 is 12.4 Å². The average molecular weight is 294 g/mol. The summed E-state index contributed by atoms with van der Waals surface area (Å²) in [4.78, 5) is 14.2. The van der Waals surface area contributed by atoms with E-state index in [0.717, 1.165) is 0 Å². The van der Waals surface area contributed by atoms with Gasteiger partial charge >= 0.3 is 5.97 Å². The number of carboxylic acid groups (broad SMARTS) is 1. The lowest BCUT2D eigenvalue weighted by atomic mass is 10.1. The van der Waals surface area contributed by atoms with E-state index in [1.54, 1.807) is 6.92 Å². The first-order chi connectivity index (χ1) is 7.45. The van der Waals surface area contributed by atoms with Gasteiger partial charge in [-0.25, -0.2) is 8.78 Å². The van der Waals surface area contributed by atoms with Gasteiger partial charge < -0.3 is 5.11 Å². The van der Waals surface area contributed by atoms with Gasteiger partial charge in [-0.05, 0) is 24.1 Å². The summed E-state index contributed by atoms with van der Waals surface area (Å²) in [7, 11) is 0. The Morgan fingerprint density at radius 1 is 1.62 bits per heavy atom. The number of carbonyl (C=O) groups is 1. The van der Waals surface area contributed by atoms with Gasteiger partial charge in [0.05, 0.1) is 12.1 Å². The third-order valence-electron chi connectivity index (χ3n) is 2.19. The monoisotopic (exact) mass is 293 g/mol. The van der Waals surface area contributed by atoms with Crippen molar-refractivity contribution in [1.82, 2.24) is 4.98 Å². The number of carboxylic acids is 1. The summed E-state index contributed by atoms with van der Waals surface area (Å²) >= 11 is 3.17. The molecule has 0 aliphatic carbocycles. The lowest BCUT2D eigenvalue weighted by Gasteiger charge is -2.10. The molecule has 0 saturated carbocycles. The average Bonchev–Trinajstić information content (AvgIpc) is 2.20. The lowest BCUT2D eigenvalue weighted by Crippen LogP contribution is -2.08. The Bertz CT molecular complexity index is 410. The number of alkyl halides is 3. The summed E-state index contributed by atoms with van der Waals surface area (Å²) in [5, 5.41) is 9.04. The van der Waals surface area contributed by atoms with Gasteiger partial charge in [0.15, 0.2) is 0 Å². The van der Waals surface area contributed by atoms with Gasteiger partial charge in [0.1, 0.15) is 5.69 Å². The molecule has 3 nitrogen and oxygen atoms in total. The lowest BCUT2D eigenvalue weighted by molar-refractivity contribution is -0.136. The van der Waals surface area contributed by atoms with Gasteiger partial charge in [0, 0.05) is 5.33 Å². The zero-order valence-electron chi connectivity index (χ0n) is 8.51. The maximum atomic E-state index is 12.5.